The lowest BCUT2D eigenvalue weighted by Gasteiger charge is -2.12. The van der Waals surface area contributed by atoms with Crippen LogP contribution in [-0.4, -0.2) is 19.0 Å². The number of hydrogen-bond acceptors (Lipinski definition) is 2. The molecule has 3 N–H and O–H groups in total. The second-order valence-corrected chi connectivity index (χ2v) is 2.94. The highest BCUT2D eigenvalue weighted by Gasteiger charge is 2.03. The first kappa shape index (κ1) is 9.26. The number of hydrogen-bond donors (Lipinski definition) is 2. The third-order valence-electron chi connectivity index (χ3n) is 1.90. The summed E-state index contributed by atoms with van der Waals surface area (Å²) in [6, 6.07) is 0. The van der Waals surface area contributed by atoms with Crippen LogP contribution in [0.4, 0.5) is 0 Å². The monoisotopic (exact) mass is 167 g/mol. The van der Waals surface area contributed by atoms with Crippen molar-refractivity contribution in [2.75, 3.05) is 13.1 Å². The highest BCUT2D eigenvalue weighted by molar-refractivity contribution is 5.73. The number of nitrogens with two attached hydrogens (primary N) is 1. The summed E-state index contributed by atoms with van der Waals surface area (Å²) >= 11 is 0. The van der Waals surface area contributed by atoms with Crippen LogP contribution < -0.4 is 11.1 Å². The van der Waals surface area contributed by atoms with Gasteiger partial charge in [-0.05, 0) is 25.8 Å². The molecule has 67 valence electrons. The molecule has 3 nitrogen and oxygen atoms in total. The molecule has 3 heteroatoms. The molecule has 0 saturated carbocycles. The minimum Gasteiger partial charge on any atom is -0.370 e. The molecule has 1 aliphatic rings. The topological polar surface area (TPSA) is 55.1 Å². The van der Waals surface area contributed by atoms with E-state index < -0.39 is 0 Å². The summed E-state index contributed by atoms with van der Waals surface area (Å²) in [6.07, 6.45) is 6.57. The molecule has 0 aromatic carbocycles. The van der Waals surface area contributed by atoms with Gasteiger partial charge in [0.15, 0.2) is 0 Å². The van der Waals surface area contributed by atoms with Gasteiger partial charge in [0.1, 0.15) is 0 Å². The van der Waals surface area contributed by atoms with Crippen LogP contribution in [0.3, 0.4) is 0 Å². The molecule has 0 aromatic rings. The number of amides is 1. The molecule has 1 aliphatic heterocycles. The van der Waals surface area contributed by atoms with E-state index in [0.717, 1.165) is 25.9 Å². The molecular formula is C9H15N2O. The Morgan fingerprint density at radius 3 is 3.17 bits per heavy atom. The molecule has 0 aliphatic carbocycles. The Morgan fingerprint density at radius 2 is 2.58 bits per heavy atom. The van der Waals surface area contributed by atoms with E-state index in [1.807, 2.05) is 0 Å². The third kappa shape index (κ3) is 3.53. The molecule has 0 aromatic heterocycles. The number of rotatable bonds is 4. The molecule has 0 saturated heterocycles. The normalized spacial score (nSPS) is 17.2. The van der Waals surface area contributed by atoms with Crippen LogP contribution in [0, 0.1) is 6.42 Å². The van der Waals surface area contributed by atoms with E-state index >= 15 is 0 Å². The van der Waals surface area contributed by atoms with Crippen molar-refractivity contribution in [2.24, 2.45) is 5.73 Å². The predicted octanol–water partition coefficient (Wildman–Crippen LogP) is 0.376. The molecule has 0 fully saturated rings. The van der Waals surface area contributed by atoms with Crippen LogP contribution >= 0.6 is 0 Å². The van der Waals surface area contributed by atoms with E-state index in [9.17, 15) is 4.79 Å². The lowest BCUT2D eigenvalue weighted by atomic mass is 10.0. The smallest absolute Gasteiger partial charge is 0.217 e. The van der Waals surface area contributed by atoms with Crippen LogP contribution in [0.15, 0.2) is 11.6 Å². The molecule has 12 heavy (non-hydrogen) atoms. The van der Waals surface area contributed by atoms with Gasteiger partial charge in [0.25, 0.3) is 0 Å². The minimum atomic E-state index is -0.221. The molecule has 1 amide bonds. The van der Waals surface area contributed by atoms with Crippen LogP contribution in [0.2, 0.25) is 0 Å². The Labute approximate surface area is 73.0 Å². The fourth-order valence-corrected chi connectivity index (χ4v) is 1.23. The van der Waals surface area contributed by atoms with Gasteiger partial charge in [-0.25, -0.2) is 0 Å². The van der Waals surface area contributed by atoms with Crippen molar-refractivity contribution in [3.63, 3.8) is 0 Å². The molecular weight excluding hydrogens is 152 g/mol. The quantitative estimate of drug-likeness (QED) is 0.636. The van der Waals surface area contributed by atoms with Crippen molar-refractivity contribution in [1.82, 2.24) is 5.32 Å². The standard InChI is InChI=1S/C9H15N2O/c10-9(12)3-1-2-8-4-6-11-7-5-8/h2,4,11H,1,3,5-7H2,(H2,10,12). The van der Waals surface area contributed by atoms with E-state index in [0.29, 0.717) is 6.42 Å². The summed E-state index contributed by atoms with van der Waals surface area (Å²) in [7, 11) is 0. The summed E-state index contributed by atoms with van der Waals surface area (Å²) in [5.41, 5.74) is 6.36. The fourth-order valence-electron chi connectivity index (χ4n) is 1.23. The van der Waals surface area contributed by atoms with Gasteiger partial charge in [-0.2, -0.15) is 0 Å². The van der Waals surface area contributed by atoms with E-state index in [1.54, 1.807) is 0 Å². The average molecular weight is 167 g/mol. The molecule has 1 rings (SSSR count). The maximum Gasteiger partial charge on any atom is 0.217 e. The number of carbonyl (C=O) groups is 1. The number of primary amides is 1. The highest BCUT2D eigenvalue weighted by atomic mass is 16.1. The summed E-state index contributed by atoms with van der Waals surface area (Å²) < 4.78 is 0. The van der Waals surface area contributed by atoms with Gasteiger partial charge < -0.3 is 11.1 Å². The second-order valence-electron chi connectivity index (χ2n) is 2.94. The van der Waals surface area contributed by atoms with Gasteiger partial charge in [-0.1, -0.05) is 11.6 Å². The third-order valence-corrected chi connectivity index (χ3v) is 1.90. The zero-order valence-corrected chi connectivity index (χ0v) is 7.18. The Hall–Kier alpha value is -0.830. The molecule has 0 spiro atoms. The lowest BCUT2D eigenvalue weighted by Crippen LogP contribution is -2.20. The molecule has 0 atom stereocenters. The van der Waals surface area contributed by atoms with E-state index in [-0.39, 0.29) is 5.91 Å². The number of carbonyl (C=O) groups excluding carboxylic acids is 1. The van der Waals surface area contributed by atoms with E-state index in [4.69, 9.17) is 5.73 Å². The first-order valence-electron chi connectivity index (χ1n) is 4.30. The van der Waals surface area contributed by atoms with Crippen LogP contribution in [-0.2, 0) is 4.79 Å². The van der Waals surface area contributed by atoms with Crippen LogP contribution in [0.25, 0.3) is 0 Å². The molecule has 1 radical (unpaired) electrons. The Balaban J connectivity index is 2.13. The van der Waals surface area contributed by atoms with Crippen LogP contribution in [0.1, 0.15) is 19.3 Å². The molecule has 0 bridgehead atoms. The highest BCUT2D eigenvalue weighted by Crippen LogP contribution is 2.11. The first-order chi connectivity index (χ1) is 5.79. The van der Waals surface area contributed by atoms with Crippen LogP contribution in [0.5, 0.6) is 0 Å². The largest absolute Gasteiger partial charge is 0.370 e. The van der Waals surface area contributed by atoms with Crippen molar-refractivity contribution in [3.8, 4) is 0 Å². The van der Waals surface area contributed by atoms with E-state index in [1.165, 1.54) is 5.57 Å². The zero-order chi connectivity index (χ0) is 8.81. The SMILES string of the molecule is NC(=O)CC[CH]C1=CCNCC1. The average Bonchev–Trinajstić information content (AvgIpc) is 2.05. The number of nitrogens with one attached hydrogen (secondary N) is 1. The Morgan fingerprint density at radius 1 is 1.75 bits per heavy atom. The Bertz CT molecular complexity index is 187. The molecule has 0 unspecified atom stereocenters. The van der Waals surface area contributed by atoms with Gasteiger partial charge in [-0.15, -0.1) is 0 Å². The van der Waals surface area contributed by atoms with Crippen molar-refractivity contribution in [2.45, 2.75) is 19.3 Å². The van der Waals surface area contributed by atoms with Gasteiger partial charge >= 0.3 is 0 Å². The summed E-state index contributed by atoms with van der Waals surface area (Å²) in [5.74, 6) is -0.221. The summed E-state index contributed by atoms with van der Waals surface area (Å²) in [4.78, 5) is 10.4. The summed E-state index contributed by atoms with van der Waals surface area (Å²) in [5, 5.41) is 3.23. The second kappa shape index (κ2) is 4.93. The van der Waals surface area contributed by atoms with Crippen molar-refractivity contribution in [3.05, 3.63) is 18.1 Å². The van der Waals surface area contributed by atoms with Crippen molar-refractivity contribution >= 4 is 5.91 Å². The first-order valence-corrected chi connectivity index (χ1v) is 4.30. The minimum absolute atomic E-state index is 0.221. The molecule has 1 heterocycles. The predicted molar refractivity (Wildman–Crippen MR) is 48.3 cm³/mol. The maximum atomic E-state index is 10.4. The maximum absolute atomic E-state index is 10.4. The lowest BCUT2D eigenvalue weighted by molar-refractivity contribution is -0.117. The fraction of sp³-hybridized carbons (Fsp3) is 0.556. The summed E-state index contributed by atoms with van der Waals surface area (Å²) in [6.45, 7) is 1.99. The van der Waals surface area contributed by atoms with E-state index in [2.05, 4.69) is 17.8 Å². The van der Waals surface area contributed by atoms with Crippen molar-refractivity contribution < 1.29 is 4.79 Å². The Kier molecular flexibility index (Phi) is 3.80. The van der Waals surface area contributed by atoms with Gasteiger partial charge in [0, 0.05) is 13.0 Å². The van der Waals surface area contributed by atoms with Gasteiger partial charge in [-0.3, -0.25) is 4.79 Å². The zero-order valence-electron chi connectivity index (χ0n) is 7.18. The van der Waals surface area contributed by atoms with Crippen molar-refractivity contribution in [1.29, 1.82) is 0 Å². The van der Waals surface area contributed by atoms with Gasteiger partial charge in [0.05, 0.1) is 0 Å². The van der Waals surface area contributed by atoms with Gasteiger partial charge in [0.2, 0.25) is 5.91 Å².